The molecule has 0 radical (unpaired) electrons. The minimum absolute atomic E-state index is 0.553. The average Bonchev–Trinajstić information content (AvgIpc) is 2.13. The van der Waals surface area contributed by atoms with Crippen LogP contribution < -0.4 is 16.2 Å². The van der Waals surface area contributed by atoms with Gasteiger partial charge in [-0.05, 0) is 34.3 Å². The van der Waals surface area contributed by atoms with Crippen molar-refractivity contribution in [3.8, 4) is 5.75 Å². The van der Waals surface area contributed by atoms with Crippen molar-refractivity contribution in [2.45, 2.75) is 20.3 Å². The highest BCUT2D eigenvalue weighted by atomic mass is 79.9. The van der Waals surface area contributed by atoms with Crippen molar-refractivity contribution >= 4 is 27.3 Å². The van der Waals surface area contributed by atoms with Crippen LogP contribution in [0.15, 0.2) is 16.6 Å². The molecule has 0 unspecified atom stereocenters. The summed E-state index contributed by atoms with van der Waals surface area (Å²) in [6.45, 7) is 5.02. The maximum absolute atomic E-state index is 5.70. The van der Waals surface area contributed by atoms with Gasteiger partial charge in [0.15, 0.2) is 0 Å². The van der Waals surface area contributed by atoms with E-state index in [0.29, 0.717) is 23.9 Å². The Balaban J connectivity index is 2.65. The Hall–Kier alpha value is -0.900. The average molecular weight is 273 g/mol. The third-order valence-electron chi connectivity index (χ3n) is 2.09. The Morgan fingerprint density at radius 1 is 1.27 bits per heavy atom. The van der Waals surface area contributed by atoms with Gasteiger partial charge in [-0.15, -0.1) is 0 Å². The van der Waals surface area contributed by atoms with Crippen LogP contribution in [-0.4, -0.2) is 6.61 Å². The van der Waals surface area contributed by atoms with E-state index in [1.165, 1.54) is 0 Å². The molecule has 0 aliphatic carbocycles. The van der Waals surface area contributed by atoms with Crippen LogP contribution >= 0.6 is 15.9 Å². The molecular formula is C11H17BrN2O. The van der Waals surface area contributed by atoms with Crippen molar-refractivity contribution in [3.05, 3.63) is 16.6 Å². The summed E-state index contributed by atoms with van der Waals surface area (Å²) in [6.07, 6.45) is 1.02. The Bertz CT molecular complexity index is 340. The molecule has 1 aromatic carbocycles. The van der Waals surface area contributed by atoms with Crippen LogP contribution in [0.4, 0.5) is 11.4 Å². The molecule has 0 aliphatic rings. The quantitative estimate of drug-likeness (QED) is 0.829. The normalized spacial score (nSPS) is 10.7. The summed E-state index contributed by atoms with van der Waals surface area (Å²) in [4.78, 5) is 0. The summed E-state index contributed by atoms with van der Waals surface area (Å²) >= 11 is 3.39. The third kappa shape index (κ3) is 3.63. The molecule has 84 valence electrons. The predicted molar refractivity (Wildman–Crippen MR) is 67.9 cm³/mol. The fraction of sp³-hybridized carbons (Fsp3) is 0.455. The SMILES string of the molecule is CC(C)CCOc1cc(N)c(N)cc1Br. The van der Waals surface area contributed by atoms with Crippen LogP contribution in [0.1, 0.15) is 20.3 Å². The van der Waals surface area contributed by atoms with Gasteiger partial charge in [0, 0.05) is 6.07 Å². The topological polar surface area (TPSA) is 61.3 Å². The van der Waals surface area contributed by atoms with Gasteiger partial charge in [-0.2, -0.15) is 0 Å². The smallest absolute Gasteiger partial charge is 0.135 e. The number of anilines is 2. The zero-order chi connectivity index (χ0) is 11.4. The Labute approximate surface area is 98.9 Å². The Morgan fingerprint density at radius 3 is 2.47 bits per heavy atom. The van der Waals surface area contributed by atoms with Gasteiger partial charge in [-0.25, -0.2) is 0 Å². The Kier molecular flexibility index (Phi) is 4.27. The summed E-state index contributed by atoms with van der Waals surface area (Å²) < 4.78 is 6.45. The van der Waals surface area contributed by atoms with E-state index in [1.807, 2.05) is 0 Å². The number of benzene rings is 1. The molecule has 1 aromatic rings. The lowest BCUT2D eigenvalue weighted by Gasteiger charge is -2.11. The van der Waals surface area contributed by atoms with Crippen LogP contribution in [-0.2, 0) is 0 Å². The molecule has 0 heterocycles. The van der Waals surface area contributed by atoms with Crippen molar-refractivity contribution < 1.29 is 4.74 Å². The fourth-order valence-electron chi connectivity index (χ4n) is 1.10. The number of rotatable bonds is 4. The molecule has 0 aliphatic heterocycles. The molecule has 1 rings (SSSR count). The second-order valence-electron chi connectivity index (χ2n) is 3.94. The zero-order valence-electron chi connectivity index (χ0n) is 9.09. The van der Waals surface area contributed by atoms with E-state index in [2.05, 4.69) is 29.8 Å². The van der Waals surface area contributed by atoms with Crippen molar-refractivity contribution in [3.63, 3.8) is 0 Å². The summed E-state index contributed by atoms with van der Waals surface area (Å²) in [5.74, 6) is 1.39. The van der Waals surface area contributed by atoms with Gasteiger partial charge in [0.25, 0.3) is 0 Å². The number of hydrogen-bond acceptors (Lipinski definition) is 3. The van der Waals surface area contributed by atoms with Crippen LogP contribution in [0, 0.1) is 5.92 Å². The third-order valence-corrected chi connectivity index (χ3v) is 2.71. The van der Waals surface area contributed by atoms with E-state index in [1.54, 1.807) is 12.1 Å². The van der Waals surface area contributed by atoms with Gasteiger partial charge < -0.3 is 16.2 Å². The number of hydrogen-bond donors (Lipinski definition) is 2. The van der Waals surface area contributed by atoms with Gasteiger partial charge in [0.05, 0.1) is 22.5 Å². The molecule has 3 nitrogen and oxygen atoms in total. The second kappa shape index (κ2) is 5.26. The summed E-state index contributed by atoms with van der Waals surface area (Å²) in [5, 5.41) is 0. The summed E-state index contributed by atoms with van der Waals surface area (Å²) in [5.41, 5.74) is 12.5. The van der Waals surface area contributed by atoms with Crippen LogP contribution in [0.25, 0.3) is 0 Å². The highest BCUT2D eigenvalue weighted by Crippen LogP contribution is 2.31. The molecular weight excluding hydrogens is 256 g/mol. The molecule has 0 amide bonds. The number of ether oxygens (including phenoxy) is 1. The minimum Gasteiger partial charge on any atom is -0.492 e. The van der Waals surface area contributed by atoms with E-state index in [0.717, 1.165) is 16.6 Å². The number of halogens is 1. The first kappa shape index (κ1) is 12.2. The van der Waals surface area contributed by atoms with E-state index < -0.39 is 0 Å². The first-order valence-corrected chi connectivity index (χ1v) is 5.77. The first-order chi connectivity index (χ1) is 7.00. The molecule has 0 saturated carbocycles. The van der Waals surface area contributed by atoms with E-state index in [-0.39, 0.29) is 0 Å². The molecule has 0 atom stereocenters. The van der Waals surface area contributed by atoms with Crippen molar-refractivity contribution in [1.29, 1.82) is 0 Å². The fourth-order valence-corrected chi connectivity index (χ4v) is 1.58. The standard InChI is InChI=1S/C11H17BrN2O/c1-7(2)3-4-15-11-6-10(14)9(13)5-8(11)12/h5-7H,3-4,13-14H2,1-2H3. The van der Waals surface area contributed by atoms with Gasteiger partial charge >= 0.3 is 0 Å². The lowest BCUT2D eigenvalue weighted by atomic mass is 10.1. The first-order valence-electron chi connectivity index (χ1n) is 4.98. The maximum atomic E-state index is 5.70. The molecule has 4 N–H and O–H groups in total. The highest BCUT2D eigenvalue weighted by Gasteiger charge is 2.05. The van der Waals surface area contributed by atoms with E-state index in [4.69, 9.17) is 16.2 Å². The highest BCUT2D eigenvalue weighted by molar-refractivity contribution is 9.10. The van der Waals surface area contributed by atoms with Gasteiger partial charge in [0.2, 0.25) is 0 Å². The predicted octanol–water partition coefficient (Wildman–Crippen LogP) is 3.04. The number of nitrogen functional groups attached to an aromatic ring is 2. The molecule has 0 bridgehead atoms. The van der Waals surface area contributed by atoms with Gasteiger partial charge in [-0.1, -0.05) is 13.8 Å². The largest absolute Gasteiger partial charge is 0.492 e. The van der Waals surface area contributed by atoms with Gasteiger partial charge in [-0.3, -0.25) is 0 Å². The molecule has 0 fully saturated rings. The molecule has 0 saturated heterocycles. The van der Waals surface area contributed by atoms with Gasteiger partial charge in [0.1, 0.15) is 5.75 Å². The molecule has 4 heteroatoms. The van der Waals surface area contributed by atoms with Crippen molar-refractivity contribution in [2.24, 2.45) is 5.92 Å². The van der Waals surface area contributed by atoms with Crippen LogP contribution in [0.3, 0.4) is 0 Å². The zero-order valence-corrected chi connectivity index (χ0v) is 10.7. The number of nitrogens with two attached hydrogens (primary N) is 2. The maximum Gasteiger partial charge on any atom is 0.135 e. The van der Waals surface area contributed by atoms with Crippen LogP contribution in [0.5, 0.6) is 5.75 Å². The summed E-state index contributed by atoms with van der Waals surface area (Å²) in [6, 6.07) is 3.51. The molecule has 15 heavy (non-hydrogen) atoms. The lowest BCUT2D eigenvalue weighted by molar-refractivity contribution is 0.288. The minimum atomic E-state index is 0.553. The molecule has 0 aromatic heterocycles. The van der Waals surface area contributed by atoms with Crippen molar-refractivity contribution in [2.75, 3.05) is 18.1 Å². The van der Waals surface area contributed by atoms with Crippen LogP contribution in [0.2, 0.25) is 0 Å². The lowest BCUT2D eigenvalue weighted by Crippen LogP contribution is -2.03. The van der Waals surface area contributed by atoms with Crippen molar-refractivity contribution in [1.82, 2.24) is 0 Å². The Morgan fingerprint density at radius 2 is 1.87 bits per heavy atom. The van der Waals surface area contributed by atoms with E-state index >= 15 is 0 Å². The summed E-state index contributed by atoms with van der Waals surface area (Å²) in [7, 11) is 0. The van der Waals surface area contributed by atoms with E-state index in [9.17, 15) is 0 Å². The molecule has 0 spiro atoms. The monoisotopic (exact) mass is 272 g/mol. The second-order valence-corrected chi connectivity index (χ2v) is 4.80.